The highest BCUT2D eigenvalue weighted by atomic mass is 127. The molecule has 3 N–H and O–H groups in total. The van der Waals surface area contributed by atoms with Crippen LogP contribution < -0.4 is 10.6 Å². The lowest BCUT2D eigenvalue weighted by Crippen LogP contribution is -2.44. The Hall–Kier alpha value is -2.40. The van der Waals surface area contributed by atoms with Gasteiger partial charge in [-0.3, -0.25) is 0 Å². The largest absolute Gasteiger partial charge is 0.463 e. The average molecular weight is 538 g/mol. The summed E-state index contributed by atoms with van der Waals surface area (Å²) >= 11 is 0. The Morgan fingerprint density at radius 2 is 1.97 bits per heavy atom. The van der Waals surface area contributed by atoms with E-state index in [9.17, 15) is 5.11 Å². The van der Waals surface area contributed by atoms with Crippen LogP contribution in [0, 0.1) is 20.8 Å². The first kappa shape index (κ1) is 24.9. The number of furan rings is 1. The minimum Gasteiger partial charge on any atom is -0.463 e. The van der Waals surface area contributed by atoms with Crippen LogP contribution in [0.2, 0.25) is 0 Å². The van der Waals surface area contributed by atoms with Gasteiger partial charge in [0.05, 0.1) is 18.8 Å². The van der Waals surface area contributed by atoms with Crippen molar-refractivity contribution in [2.24, 2.45) is 4.99 Å². The van der Waals surface area contributed by atoms with Crippen molar-refractivity contribution in [3.63, 3.8) is 0 Å². The summed E-state index contributed by atoms with van der Waals surface area (Å²) in [6.45, 7) is 11.0. The Labute approximate surface area is 200 Å². The van der Waals surface area contributed by atoms with Gasteiger partial charge in [-0.2, -0.15) is 5.10 Å². The first-order valence-corrected chi connectivity index (χ1v) is 10.1. The molecular weight excluding hydrogens is 507 g/mol. The number of aromatic nitrogens is 3. The maximum atomic E-state index is 10.7. The lowest BCUT2D eigenvalue weighted by Gasteiger charge is -2.22. The number of pyridine rings is 1. The van der Waals surface area contributed by atoms with Crippen LogP contribution in [0.5, 0.6) is 0 Å². The summed E-state index contributed by atoms with van der Waals surface area (Å²) in [4.78, 5) is 9.11. The second kappa shape index (κ2) is 10.8. The van der Waals surface area contributed by atoms with Crippen molar-refractivity contribution in [1.82, 2.24) is 25.4 Å². The standard InChI is InChI=1S/C22H30N6O2.HI/c1-6-23-21(26-14-22(5,29)19-9-7-17(4)30-19)25-13-18-8-10-20(24-12-18)28-16(3)11-15(2)27-28;/h7-12,29H,6,13-14H2,1-5H3,(H2,23,25,26);1H. The van der Waals surface area contributed by atoms with E-state index in [1.165, 1.54) is 0 Å². The van der Waals surface area contributed by atoms with Gasteiger partial charge in [0.15, 0.2) is 11.8 Å². The van der Waals surface area contributed by atoms with Crippen LogP contribution >= 0.6 is 24.0 Å². The summed E-state index contributed by atoms with van der Waals surface area (Å²) in [6.07, 6.45) is 1.81. The fourth-order valence-corrected chi connectivity index (χ4v) is 3.08. The lowest BCUT2D eigenvalue weighted by atomic mass is 10.0. The van der Waals surface area contributed by atoms with Gasteiger partial charge < -0.3 is 20.2 Å². The molecule has 3 rings (SSSR count). The summed E-state index contributed by atoms with van der Waals surface area (Å²) in [6, 6.07) is 9.58. The SMILES string of the molecule is CCNC(=NCc1ccc(-n2nc(C)cc2C)nc1)NCC(C)(O)c1ccc(C)o1.I. The van der Waals surface area contributed by atoms with E-state index in [2.05, 4.69) is 25.7 Å². The molecule has 0 fully saturated rings. The molecular formula is C22H31IN6O2. The molecule has 9 heteroatoms. The van der Waals surface area contributed by atoms with Gasteiger partial charge in [0, 0.05) is 18.4 Å². The second-order valence-corrected chi connectivity index (χ2v) is 7.60. The first-order valence-electron chi connectivity index (χ1n) is 10.1. The molecule has 0 spiro atoms. The van der Waals surface area contributed by atoms with Crippen molar-refractivity contribution in [2.45, 2.75) is 46.8 Å². The van der Waals surface area contributed by atoms with Gasteiger partial charge >= 0.3 is 0 Å². The van der Waals surface area contributed by atoms with Crippen LogP contribution in [-0.2, 0) is 12.1 Å². The Bertz CT molecular complexity index is 1010. The van der Waals surface area contributed by atoms with E-state index in [1.807, 2.05) is 56.6 Å². The summed E-state index contributed by atoms with van der Waals surface area (Å²) in [5.41, 5.74) is 1.84. The summed E-state index contributed by atoms with van der Waals surface area (Å²) in [5.74, 6) is 2.68. The van der Waals surface area contributed by atoms with Gasteiger partial charge in [0.1, 0.15) is 17.1 Å². The van der Waals surface area contributed by atoms with E-state index in [0.29, 0.717) is 24.8 Å². The van der Waals surface area contributed by atoms with E-state index in [0.717, 1.165) is 28.5 Å². The summed E-state index contributed by atoms with van der Waals surface area (Å²) in [5, 5.41) is 21.5. The zero-order valence-corrected chi connectivity index (χ0v) is 21.0. The number of aliphatic hydroxyl groups is 1. The number of aryl methyl sites for hydroxylation is 3. The monoisotopic (exact) mass is 538 g/mol. The van der Waals surface area contributed by atoms with E-state index >= 15 is 0 Å². The van der Waals surface area contributed by atoms with Crippen molar-refractivity contribution in [3.05, 3.63) is 65.0 Å². The first-order chi connectivity index (χ1) is 14.3. The van der Waals surface area contributed by atoms with Crippen LogP contribution in [0.1, 0.15) is 42.3 Å². The molecule has 0 aliphatic rings. The Kier molecular flexibility index (Phi) is 8.63. The summed E-state index contributed by atoms with van der Waals surface area (Å²) < 4.78 is 7.39. The van der Waals surface area contributed by atoms with Gasteiger partial charge in [0.2, 0.25) is 0 Å². The van der Waals surface area contributed by atoms with Gasteiger partial charge in [-0.25, -0.2) is 14.7 Å². The third-order valence-electron chi connectivity index (χ3n) is 4.67. The highest BCUT2D eigenvalue weighted by Crippen LogP contribution is 2.21. The van der Waals surface area contributed by atoms with Crippen LogP contribution in [-0.4, -0.2) is 38.9 Å². The fraction of sp³-hybridized carbons (Fsp3) is 0.409. The molecule has 0 aliphatic heterocycles. The third kappa shape index (κ3) is 6.54. The fourth-order valence-electron chi connectivity index (χ4n) is 3.08. The Balaban J connectivity index is 0.00000341. The second-order valence-electron chi connectivity index (χ2n) is 7.60. The number of nitrogens with one attached hydrogen (secondary N) is 2. The molecule has 1 unspecified atom stereocenters. The predicted molar refractivity (Wildman–Crippen MR) is 132 cm³/mol. The van der Waals surface area contributed by atoms with Crippen molar-refractivity contribution in [3.8, 4) is 5.82 Å². The smallest absolute Gasteiger partial charge is 0.191 e. The topological polar surface area (TPSA) is 100 Å². The minimum atomic E-state index is -1.15. The molecule has 1 atom stereocenters. The number of hydrogen-bond acceptors (Lipinski definition) is 5. The molecule has 3 aromatic rings. The number of nitrogens with zero attached hydrogens (tertiary/aromatic N) is 4. The zero-order chi connectivity index (χ0) is 21.7. The van der Waals surface area contributed by atoms with E-state index < -0.39 is 5.60 Å². The molecule has 3 aromatic heterocycles. The number of hydrogen-bond donors (Lipinski definition) is 3. The maximum absolute atomic E-state index is 10.7. The van der Waals surface area contributed by atoms with Crippen LogP contribution in [0.25, 0.3) is 5.82 Å². The van der Waals surface area contributed by atoms with Gasteiger partial charge in [0.25, 0.3) is 0 Å². The van der Waals surface area contributed by atoms with Crippen LogP contribution in [0.3, 0.4) is 0 Å². The van der Waals surface area contributed by atoms with E-state index in [4.69, 9.17) is 4.42 Å². The number of rotatable bonds is 7. The summed E-state index contributed by atoms with van der Waals surface area (Å²) in [7, 11) is 0. The molecule has 0 saturated heterocycles. The molecule has 0 saturated carbocycles. The molecule has 31 heavy (non-hydrogen) atoms. The molecule has 8 nitrogen and oxygen atoms in total. The molecule has 3 heterocycles. The maximum Gasteiger partial charge on any atom is 0.191 e. The Morgan fingerprint density at radius 1 is 1.19 bits per heavy atom. The van der Waals surface area contributed by atoms with Crippen molar-refractivity contribution in [1.29, 1.82) is 0 Å². The lowest BCUT2D eigenvalue weighted by molar-refractivity contribution is 0.0378. The average Bonchev–Trinajstić information content (AvgIpc) is 3.30. The predicted octanol–water partition coefficient (Wildman–Crippen LogP) is 3.37. The van der Waals surface area contributed by atoms with Crippen molar-refractivity contribution in [2.75, 3.05) is 13.1 Å². The van der Waals surface area contributed by atoms with Crippen molar-refractivity contribution >= 4 is 29.9 Å². The van der Waals surface area contributed by atoms with E-state index in [-0.39, 0.29) is 30.5 Å². The highest BCUT2D eigenvalue weighted by Gasteiger charge is 2.27. The van der Waals surface area contributed by atoms with Gasteiger partial charge in [-0.1, -0.05) is 6.07 Å². The molecule has 0 aromatic carbocycles. The zero-order valence-electron chi connectivity index (χ0n) is 18.6. The molecule has 168 valence electrons. The normalized spacial score (nSPS) is 13.4. The number of guanidine groups is 1. The minimum absolute atomic E-state index is 0. The quantitative estimate of drug-likeness (QED) is 0.242. The third-order valence-corrected chi connectivity index (χ3v) is 4.67. The highest BCUT2D eigenvalue weighted by molar-refractivity contribution is 14.0. The van der Waals surface area contributed by atoms with E-state index in [1.54, 1.807) is 19.2 Å². The van der Waals surface area contributed by atoms with Crippen LogP contribution in [0.15, 0.2) is 45.9 Å². The molecule has 0 bridgehead atoms. The molecule has 0 radical (unpaired) electrons. The number of halogens is 1. The molecule has 0 aliphatic carbocycles. The van der Waals surface area contributed by atoms with Crippen molar-refractivity contribution < 1.29 is 9.52 Å². The molecule has 0 amide bonds. The van der Waals surface area contributed by atoms with Gasteiger partial charge in [-0.05, 0) is 64.4 Å². The van der Waals surface area contributed by atoms with Crippen LogP contribution in [0.4, 0.5) is 0 Å². The number of aliphatic imine (C=N–C) groups is 1. The Morgan fingerprint density at radius 3 is 2.52 bits per heavy atom. The van der Waals surface area contributed by atoms with Gasteiger partial charge in [-0.15, -0.1) is 24.0 Å².